The Morgan fingerprint density at radius 1 is 1.57 bits per heavy atom. The van der Waals surface area contributed by atoms with Crippen LogP contribution in [0.1, 0.15) is 17.4 Å². The van der Waals surface area contributed by atoms with Crippen LogP contribution >= 0.6 is 0 Å². The quantitative estimate of drug-likeness (QED) is 0.599. The number of anilines is 1. The van der Waals surface area contributed by atoms with Gasteiger partial charge in [-0.2, -0.15) is 0 Å². The fourth-order valence-electron chi connectivity index (χ4n) is 2.25. The van der Waals surface area contributed by atoms with Crippen molar-refractivity contribution in [1.29, 1.82) is 0 Å². The van der Waals surface area contributed by atoms with E-state index in [1.165, 1.54) is 0 Å². The van der Waals surface area contributed by atoms with Gasteiger partial charge < -0.3 is 19.8 Å². The van der Waals surface area contributed by atoms with Crippen LogP contribution in [-0.4, -0.2) is 58.0 Å². The first kappa shape index (κ1) is 15.1. The van der Waals surface area contributed by atoms with Crippen LogP contribution in [0.2, 0.25) is 0 Å². The highest BCUT2D eigenvalue weighted by molar-refractivity contribution is 5.86. The van der Waals surface area contributed by atoms with E-state index in [0.29, 0.717) is 6.54 Å². The van der Waals surface area contributed by atoms with Crippen LogP contribution in [-0.2, 0) is 4.74 Å². The summed E-state index contributed by atoms with van der Waals surface area (Å²) in [6.45, 7) is 2.07. The predicted octanol–water partition coefficient (Wildman–Crippen LogP) is 0.274. The number of carboxylic acids is 1. The summed E-state index contributed by atoms with van der Waals surface area (Å²) in [5, 5.41) is 29.3. The molecule has 0 amide bonds. The van der Waals surface area contributed by atoms with Crippen molar-refractivity contribution in [2.24, 2.45) is 0 Å². The van der Waals surface area contributed by atoms with Gasteiger partial charge in [-0.3, -0.25) is 10.1 Å². The molecule has 0 bridgehead atoms. The molecule has 0 aromatic carbocycles. The van der Waals surface area contributed by atoms with Gasteiger partial charge in [-0.15, -0.1) is 0 Å². The van der Waals surface area contributed by atoms with E-state index in [4.69, 9.17) is 9.84 Å². The summed E-state index contributed by atoms with van der Waals surface area (Å²) >= 11 is 0. The van der Waals surface area contributed by atoms with Crippen LogP contribution in [0, 0.1) is 10.1 Å². The zero-order valence-electron chi connectivity index (χ0n) is 11.3. The van der Waals surface area contributed by atoms with Crippen molar-refractivity contribution in [2.45, 2.75) is 19.1 Å². The summed E-state index contributed by atoms with van der Waals surface area (Å²) in [7, 11) is 0. The Morgan fingerprint density at radius 3 is 2.86 bits per heavy atom. The summed E-state index contributed by atoms with van der Waals surface area (Å²) in [5.41, 5.74) is -0.541. The molecule has 9 nitrogen and oxygen atoms in total. The molecule has 2 N–H and O–H groups in total. The number of hydrogen-bond acceptors (Lipinski definition) is 7. The third-order valence-electron chi connectivity index (χ3n) is 3.10. The largest absolute Gasteiger partial charge is 0.477 e. The number of pyridine rings is 1. The van der Waals surface area contributed by atoms with Crippen LogP contribution in [0.3, 0.4) is 0 Å². The summed E-state index contributed by atoms with van der Waals surface area (Å²) in [6, 6.07) is 2.22. The summed E-state index contributed by atoms with van der Waals surface area (Å²) in [6.07, 6.45) is -0.755. The predicted molar refractivity (Wildman–Crippen MR) is 71.5 cm³/mol. The molecular formula is C12H15N3O6. The zero-order chi connectivity index (χ0) is 15.6. The molecular weight excluding hydrogens is 282 g/mol. The summed E-state index contributed by atoms with van der Waals surface area (Å²) < 4.78 is 5.46. The van der Waals surface area contributed by atoms with Crippen molar-refractivity contribution in [1.82, 2.24) is 4.98 Å². The lowest BCUT2D eigenvalue weighted by molar-refractivity contribution is -0.384. The van der Waals surface area contributed by atoms with E-state index in [0.717, 1.165) is 12.1 Å². The Balaban J connectivity index is 2.41. The van der Waals surface area contributed by atoms with E-state index in [-0.39, 0.29) is 36.5 Å². The SMILES string of the molecule is CC1CN(c2nc(C(=O)O)ccc2[N+](=O)[O-])CC(CO)O1. The molecule has 21 heavy (non-hydrogen) atoms. The van der Waals surface area contributed by atoms with Gasteiger partial charge in [0.25, 0.3) is 0 Å². The van der Waals surface area contributed by atoms with E-state index in [1.807, 2.05) is 0 Å². The highest BCUT2D eigenvalue weighted by atomic mass is 16.6. The molecule has 2 heterocycles. The van der Waals surface area contributed by atoms with Crippen LogP contribution in [0.15, 0.2) is 12.1 Å². The molecule has 0 saturated carbocycles. The van der Waals surface area contributed by atoms with Gasteiger partial charge in [0.05, 0.1) is 23.7 Å². The molecule has 2 rings (SSSR count). The maximum atomic E-state index is 11.1. The van der Waals surface area contributed by atoms with Crippen molar-refractivity contribution >= 4 is 17.5 Å². The second-order valence-electron chi connectivity index (χ2n) is 4.76. The van der Waals surface area contributed by atoms with Crippen molar-refractivity contribution in [3.63, 3.8) is 0 Å². The standard InChI is InChI=1S/C12H15N3O6/c1-7-4-14(5-8(6-16)21-7)11-10(15(19)20)3-2-9(13-11)12(17)18/h2-3,7-8,16H,4-6H2,1H3,(H,17,18). The van der Waals surface area contributed by atoms with Gasteiger partial charge in [-0.1, -0.05) is 0 Å². The van der Waals surface area contributed by atoms with Crippen molar-refractivity contribution in [3.8, 4) is 0 Å². The number of aliphatic hydroxyl groups is 1. The van der Waals surface area contributed by atoms with Gasteiger partial charge in [0.1, 0.15) is 0 Å². The monoisotopic (exact) mass is 297 g/mol. The van der Waals surface area contributed by atoms with Crippen LogP contribution in [0.25, 0.3) is 0 Å². The molecule has 2 atom stereocenters. The fourth-order valence-corrected chi connectivity index (χ4v) is 2.25. The van der Waals surface area contributed by atoms with Crippen molar-refractivity contribution in [2.75, 3.05) is 24.6 Å². The molecule has 2 unspecified atom stereocenters. The van der Waals surface area contributed by atoms with Crippen molar-refractivity contribution in [3.05, 3.63) is 27.9 Å². The zero-order valence-corrected chi connectivity index (χ0v) is 11.3. The highest BCUT2D eigenvalue weighted by Crippen LogP contribution is 2.28. The number of aromatic carboxylic acids is 1. The van der Waals surface area contributed by atoms with E-state index in [2.05, 4.69) is 4.98 Å². The maximum absolute atomic E-state index is 11.1. The first-order chi connectivity index (χ1) is 9.92. The van der Waals surface area contributed by atoms with Gasteiger partial charge in [-0.05, 0) is 13.0 Å². The second kappa shape index (κ2) is 6.02. The van der Waals surface area contributed by atoms with Gasteiger partial charge in [0, 0.05) is 19.2 Å². The normalized spacial score (nSPS) is 22.1. The van der Waals surface area contributed by atoms with E-state index >= 15 is 0 Å². The lowest BCUT2D eigenvalue weighted by Crippen LogP contribution is -2.48. The number of carboxylic acid groups (broad SMARTS) is 1. The topological polar surface area (TPSA) is 126 Å². The average Bonchev–Trinajstić information content (AvgIpc) is 2.45. The summed E-state index contributed by atoms with van der Waals surface area (Å²) in [4.78, 5) is 26.9. The molecule has 1 saturated heterocycles. The Labute approximate surface area is 119 Å². The third kappa shape index (κ3) is 3.26. The lowest BCUT2D eigenvalue weighted by Gasteiger charge is -2.36. The lowest BCUT2D eigenvalue weighted by atomic mass is 10.2. The molecule has 1 aromatic heterocycles. The number of nitro groups is 1. The Kier molecular flexibility index (Phi) is 4.34. The number of ether oxygens (including phenoxy) is 1. The van der Waals surface area contributed by atoms with E-state index < -0.39 is 17.0 Å². The average molecular weight is 297 g/mol. The number of carbonyl (C=O) groups is 1. The smallest absolute Gasteiger partial charge is 0.354 e. The number of aliphatic hydroxyl groups excluding tert-OH is 1. The van der Waals surface area contributed by atoms with Crippen LogP contribution in [0.5, 0.6) is 0 Å². The Morgan fingerprint density at radius 2 is 2.29 bits per heavy atom. The minimum atomic E-state index is -1.26. The van der Waals surface area contributed by atoms with Gasteiger partial charge >= 0.3 is 11.7 Å². The Hall–Kier alpha value is -2.26. The minimum Gasteiger partial charge on any atom is -0.477 e. The first-order valence-electron chi connectivity index (χ1n) is 6.32. The molecule has 1 aromatic rings. The van der Waals surface area contributed by atoms with E-state index in [1.54, 1.807) is 11.8 Å². The van der Waals surface area contributed by atoms with Gasteiger partial charge in [-0.25, -0.2) is 9.78 Å². The maximum Gasteiger partial charge on any atom is 0.354 e. The van der Waals surface area contributed by atoms with Crippen LogP contribution < -0.4 is 4.90 Å². The van der Waals surface area contributed by atoms with E-state index in [9.17, 15) is 20.0 Å². The Bertz CT molecular complexity index is 564. The fraction of sp³-hybridized carbons (Fsp3) is 0.500. The molecule has 0 spiro atoms. The second-order valence-corrected chi connectivity index (χ2v) is 4.76. The first-order valence-corrected chi connectivity index (χ1v) is 6.32. The molecule has 1 fully saturated rings. The molecule has 0 aliphatic carbocycles. The number of morpholine rings is 1. The molecule has 1 aliphatic rings. The van der Waals surface area contributed by atoms with Gasteiger partial charge in [0.2, 0.25) is 5.82 Å². The molecule has 9 heteroatoms. The highest BCUT2D eigenvalue weighted by Gasteiger charge is 2.30. The van der Waals surface area contributed by atoms with Crippen molar-refractivity contribution < 1.29 is 24.7 Å². The molecule has 0 radical (unpaired) electrons. The third-order valence-corrected chi connectivity index (χ3v) is 3.10. The molecule has 1 aliphatic heterocycles. The number of rotatable bonds is 4. The minimum absolute atomic E-state index is 0.0199. The van der Waals surface area contributed by atoms with Gasteiger partial charge in [0.15, 0.2) is 5.69 Å². The number of aromatic nitrogens is 1. The number of nitrogens with zero attached hydrogens (tertiary/aromatic N) is 3. The summed E-state index contributed by atoms with van der Waals surface area (Å²) in [5.74, 6) is -1.28. The van der Waals surface area contributed by atoms with Crippen LogP contribution in [0.4, 0.5) is 11.5 Å². The number of hydrogen-bond donors (Lipinski definition) is 2. The molecule has 114 valence electrons.